The van der Waals surface area contributed by atoms with Crippen molar-refractivity contribution in [2.75, 3.05) is 25.1 Å². The molecule has 3 aliphatic rings. The summed E-state index contributed by atoms with van der Waals surface area (Å²) in [5.41, 5.74) is -1.87. The van der Waals surface area contributed by atoms with Crippen LogP contribution >= 0.6 is 0 Å². The van der Waals surface area contributed by atoms with E-state index >= 15 is 0 Å². The van der Waals surface area contributed by atoms with Gasteiger partial charge in [0.25, 0.3) is 5.91 Å². The molecule has 2 saturated carbocycles. The number of urea groups is 1. The van der Waals surface area contributed by atoms with Gasteiger partial charge in [-0.1, -0.05) is 73.3 Å². The summed E-state index contributed by atoms with van der Waals surface area (Å²) in [5, 5.41) is 11.0. The molecule has 0 aromatic rings. The van der Waals surface area contributed by atoms with Crippen LogP contribution in [0.25, 0.3) is 0 Å². The predicted molar refractivity (Wildman–Crippen MR) is 172 cm³/mol. The number of sulfone groups is 1. The van der Waals surface area contributed by atoms with Crippen molar-refractivity contribution in [2.45, 2.75) is 110 Å². The SMILES string of the molecule is C=CCNC(=O)C(=O)C(CCC)NC(=O)[C@@H]1C2[C@H](CN1C(=O)[C@@H](NC(=O)NC1(CS(C)(=O)=O)CCCCC1)C(C)(C)C)C2(C)C. The Morgan fingerprint density at radius 2 is 1.67 bits per heavy atom. The molecule has 13 heteroatoms. The van der Waals surface area contributed by atoms with Gasteiger partial charge in [-0.15, -0.1) is 6.58 Å². The largest absolute Gasteiger partial charge is 0.346 e. The monoisotopic (exact) mass is 651 g/mol. The zero-order valence-corrected chi connectivity index (χ0v) is 28.8. The second kappa shape index (κ2) is 13.8. The maximum Gasteiger partial charge on any atom is 0.315 e. The second-order valence-electron chi connectivity index (χ2n) is 14.9. The molecule has 0 aromatic heterocycles. The molecule has 0 radical (unpaired) electrons. The van der Waals surface area contributed by atoms with Crippen LogP contribution in [0.2, 0.25) is 0 Å². The Kier molecular flexibility index (Phi) is 11.2. The fourth-order valence-corrected chi connectivity index (χ4v) is 8.66. The third-order valence-electron chi connectivity index (χ3n) is 9.72. The van der Waals surface area contributed by atoms with Gasteiger partial charge in [0.05, 0.1) is 17.3 Å². The highest BCUT2D eigenvalue weighted by molar-refractivity contribution is 7.90. The van der Waals surface area contributed by atoms with E-state index in [0.717, 1.165) is 25.5 Å². The van der Waals surface area contributed by atoms with E-state index in [1.54, 1.807) is 0 Å². The third kappa shape index (κ3) is 8.65. The average molecular weight is 652 g/mol. The number of rotatable bonds is 13. The van der Waals surface area contributed by atoms with Crippen molar-refractivity contribution in [1.82, 2.24) is 26.2 Å². The summed E-state index contributed by atoms with van der Waals surface area (Å²) in [6, 6.07) is -3.58. The van der Waals surface area contributed by atoms with Crippen LogP contribution in [0.3, 0.4) is 0 Å². The Bertz CT molecular complexity index is 1280. The van der Waals surface area contributed by atoms with Gasteiger partial charge >= 0.3 is 6.03 Å². The number of Topliss-reactive ketones (excluding diaryl/α,β-unsaturated/α-hetero) is 1. The second-order valence-corrected chi connectivity index (χ2v) is 17.1. The number of ketones is 1. The van der Waals surface area contributed by atoms with Crippen LogP contribution in [0, 0.1) is 22.7 Å². The third-order valence-corrected chi connectivity index (χ3v) is 10.8. The quantitative estimate of drug-likeness (QED) is 0.175. The van der Waals surface area contributed by atoms with Crippen LogP contribution in [0.4, 0.5) is 4.79 Å². The highest BCUT2D eigenvalue weighted by atomic mass is 32.2. The number of carbonyl (C=O) groups is 5. The first-order valence-electron chi connectivity index (χ1n) is 16.1. The van der Waals surface area contributed by atoms with Gasteiger partial charge in [-0.05, 0) is 41.9 Å². The summed E-state index contributed by atoms with van der Waals surface area (Å²) < 4.78 is 24.5. The van der Waals surface area contributed by atoms with Crippen LogP contribution < -0.4 is 21.3 Å². The maximum atomic E-state index is 14.3. The van der Waals surface area contributed by atoms with E-state index in [2.05, 4.69) is 27.8 Å². The van der Waals surface area contributed by atoms with Gasteiger partial charge in [-0.3, -0.25) is 19.2 Å². The number of fused-ring (bicyclic) bond motifs is 1. The Hall–Kier alpha value is -2.96. The molecule has 4 N–H and O–H groups in total. The molecule has 12 nitrogen and oxygen atoms in total. The van der Waals surface area contributed by atoms with Gasteiger partial charge in [-0.25, -0.2) is 13.2 Å². The van der Waals surface area contributed by atoms with Crippen molar-refractivity contribution in [3.05, 3.63) is 12.7 Å². The lowest BCUT2D eigenvalue weighted by molar-refractivity contribution is -0.145. The Morgan fingerprint density at radius 3 is 2.20 bits per heavy atom. The summed E-state index contributed by atoms with van der Waals surface area (Å²) >= 11 is 0. The first-order chi connectivity index (χ1) is 20.8. The number of nitrogens with one attached hydrogen (secondary N) is 4. The molecule has 1 aliphatic heterocycles. The zero-order chi connectivity index (χ0) is 34.0. The summed E-state index contributed by atoms with van der Waals surface area (Å²) in [6.07, 6.45) is 7.00. The molecule has 1 saturated heterocycles. The topological polar surface area (TPSA) is 171 Å². The molecule has 0 aromatic carbocycles. The van der Waals surface area contributed by atoms with Crippen LogP contribution in [0.15, 0.2) is 12.7 Å². The number of hydrogen-bond acceptors (Lipinski definition) is 7. The zero-order valence-electron chi connectivity index (χ0n) is 28.0. The van der Waals surface area contributed by atoms with E-state index in [4.69, 9.17) is 0 Å². The standard InChI is InChI=1S/C32H53N5O7S/c1-9-14-21(24(38)27(40)33-17-10-2)34-26(39)23-22-20(31(22,6)7)18-37(23)28(41)25(30(3,4)5)35-29(42)36-32(19-45(8,43)44)15-12-11-13-16-32/h10,20-23,25H,2,9,11-19H2,1,3-8H3,(H,33,40)(H,34,39)(H2,35,36,42)/t20-,21?,22?,23-,25+/m0/s1. The van der Waals surface area contributed by atoms with Gasteiger partial charge in [0.15, 0.2) is 0 Å². The van der Waals surface area contributed by atoms with Crippen molar-refractivity contribution in [1.29, 1.82) is 0 Å². The first-order valence-corrected chi connectivity index (χ1v) is 18.1. The van der Waals surface area contributed by atoms with E-state index < -0.39 is 68.5 Å². The first kappa shape index (κ1) is 36.5. The number of amides is 5. The van der Waals surface area contributed by atoms with Crippen LogP contribution in [0.5, 0.6) is 0 Å². The maximum absolute atomic E-state index is 14.3. The fourth-order valence-electron chi connectivity index (χ4n) is 7.30. The molecule has 254 valence electrons. The minimum Gasteiger partial charge on any atom is -0.346 e. The van der Waals surface area contributed by atoms with Crippen molar-refractivity contribution in [3.8, 4) is 0 Å². The summed E-state index contributed by atoms with van der Waals surface area (Å²) in [7, 11) is -3.39. The molecule has 0 spiro atoms. The number of carbonyl (C=O) groups excluding carboxylic acids is 5. The molecule has 3 fully saturated rings. The number of hydrogen-bond donors (Lipinski definition) is 4. The van der Waals surface area contributed by atoms with Gasteiger partial charge in [0, 0.05) is 19.3 Å². The Labute approximate surface area is 268 Å². The average Bonchev–Trinajstić information content (AvgIpc) is 3.25. The fraction of sp³-hybridized carbons (Fsp3) is 0.781. The molecular weight excluding hydrogens is 598 g/mol. The number of likely N-dealkylation sites (tertiary alicyclic amines) is 1. The van der Waals surface area contributed by atoms with E-state index in [1.807, 2.05) is 41.5 Å². The lowest BCUT2D eigenvalue weighted by Gasteiger charge is -2.40. The lowest BCUT2D eigenvalue weighted by atomic mass is 9.83. The van der Waals surface area contributed by atoms with Crippen molar-refractivity contribution in [2.24, 2.45) is 22.7 Å². The molecule has 5 amide bonds. The molecule has 2 aliphatic carbocycles. The highest BCUT2D eigenvalue weighted by Gasteiger charge is 2.70. The van der Waals surface area contributed by atoms with Gasteiger partial charge in [-0.2, -0.15) is 0 Å². The van der Waals surface area contributed by atoms with E-state index in [9.17, 15) is 32.4 Å². The summed E-state index contributed by atoms with van der Waals surface area (Å²) in [5.74, 6) is -2.78. The van der Waals surface area contributed by atoms with E-state index in [-0.39, 0.29) is 36.0 Å². The molecule has 3 rings (SSSR count). The smallest absolute Gasteiger partial charge is 0.315 e. The van der Waals surface area contributed by atoms with Crippen molar-refractivity contribution < 1.29 is 32.4 Å². The van der Waals surface area contributed by atoms with Gasteiger partial charge in [0.1, 0.15) is 21.9 Å². The number of piperidine rings is 1. The van der Waals surface area contributed by atoms with Crippen LogP contribution in [-0.2, 0) is 29.0 Å². The predicted octanol–water partition coefficient (Wildman–Crippen LogP) is 2.09. The van der Waals surface area contributed by atoms with Crippen molar-refractivity contribution in [3.63, 3.8) is 0 Å². The Morgan fingerprint density at radius 1 is 1.04 bits per heavy atom. The highest BCUT2D eigenvalue weighted by Crippen LogP contribution is 2.65. The van der Waals surface area contributed by atoms with E-state index in [1.165, 1.54) is 11.0 Å². The number of nitrogens with zero attached hydrogens (tertiary/aromatic N) is 1. The van der Waals surface area contributed by atoms with Crippen LogP contribution in [0.1, 0.15) is 86.5 Å². The molecule has 45 heavy (non-hydrogen) atoms. The van der Waals surface area contributed by atoms with Gasteiger partial charge in [0.2, 0.25) is 17.6 Å². The minimum atomic E-state index is -3.39. The minimum absolute atomic E-state index is 0.0585. The molecular formula is C32H53N5O7S. The van der Waals surface area contributed by atoms with E-state index in [0.29, 0.717) is 25.8 Å². The summed E-state index contributed by atoms with van der Waals surface area (Å²) in [6.45, 7) is 15.3. The molecule has 5 atom stereocenters. The molecule has 0 bridgehead atoms. The molecule has 2 unspecified atom stereocenters. The molecule has 1 heterocycles. The lowest BCUT2D eigenvalue weighted by Crippen LogP contribution is -2.63. The Balaban J connectivity index is 1.83. The normalized spacial score (nSPS) is 24.8. The van der Waals surface area contributed by atoms with Crippen LogP contribution in [-0.4, -0.2) is 91.6 Å². The van der Waals surface area contributed by atoms with Gasteiger partial charge < -0.3 is 26.2 Å². The van der Waals surface area contributed by atoms with Crippen molar-refractivity contribution >= 4 is 39.4 Å². The summed E-state index contributed by atoms with van der Waals surface area (Å²) in [4.78, 5) is 68.4.